The molecular formula is C22H34N2O4. The zero-order valence-electron chi connectivity index (χ0n) is 17.2. The maximum absolute atomic E-state index is 12.4. The maximum atomic E-state index is 12.4. The molecule has 2 saturated heterocycles. The molecule has 6 heteroatoms. The number of aryl methyl sites for hydroxylation is 2. The van der Waals surface area contributed by atoms with Gasteiger partial charge in [-0.3, -0.25) is 9.69 Å². The van der Waals surface area contributed by atoms with E-state index in [-0.39, 0.29) is 24.7 Å². The zero-order valence-corrected chi connectivity index (χ0v) is 17.2. The van der Waals surface area contributed by atoms with Crippen LogP contribution in [0.4, 0.5) is 0 Å². The SMILES string of the molecule is CCOc1ccc(CCCC(=O)N[C@H]2C[C@H]3CO[C@@H](CCO)CN3C2)cc1C. The van der Waals surface area contributed by atoms with E-state index in [0.717, 1.165) is 43.7 Å². The molecule has 2 fully saturated rings. The molecule has 0 aromatic heterocycles. The van der Waals surface area contributed by atoms with E-state index < -0.39 is 0 Å². The van der Waals surface area contributed by atoms with Gasteiger partial charge in [-0.1, -0.05) is 12.1 Å². The summed E-state index contributed by atoms with van der Waals surface area (Å²) in [6.45, 7) is 7.33. The molecule has 2 N–H and O–H groups in total. The number of hydrogen-bond donors (Lipinski definition) is 2. The van der Waals surface area contributed by atoms with Crippen molar-refractivity contribution in [2.24, 2.45) is 0 Å². The molecule has 2 aliphatic rings. The molecule has 1 amide bonds. The number of fused-ring (bicyclic) bond motifs is 1. The first-order chi connectivity index (χ1) is 13.6. The third-order valence-electron chi connectivity index (χ3n) is 5.72. The van der Waals surface area contributed by atoms with Gasteiger partial charge in [0.1, 0.15) is 5.75 Å². The quantitative estimate of drug-likeness (QED) is 0.675. The van der Waals surface area contributed by atoms with Gasteiger partial charge in [-0.05, 0) is 56.7 Å². The Kier molecular flexibility index (Phi) is 7.71. The highest BCUT2D eigenvalue weighted by Crippen LogP contribution is 2.24. The van der Waals surface area contributed by atoms with Crippen LogP contribution in [-0.4, -0.2) is 67.0 Å². The summed E-state index contributed by atoms with van der Waals surface area (Å²) in [6.07, 6.45) is 4.06. The average molecular weight is 391 g/mol. The van der Waals surface area contributed by atoms with Crippen molar-refractivity contribution in [3.63, 3.8) is 0 Å². The fourth-order valence-corrected chi connectivity index (χ4v) is 4.30. The van der Waals surface area contributed by atoms with Gasteiger partial charge in [0.15, 0.2) is 0 Å². The molecule has 6 nitrogen and oxygen atoms in total. The Morgan fingerprint density at radius 1 is 1.39 bits per heavy atom. The number of hydrogen-bond acceptors (Lipinski definition) is 5. The minimum absolute atomic E-state index is 0.119. The first kappa shape index (κ1) is 21.1. The van der Waals surface area contributed by atoms with Crippen LogP contribution in [0.3, 0.4) is 0 Å². The van der Waals surface area contributed by atoms with Gasteiger partial charge in [0.25, 0.3) is 0 Å². The maximum Gasteiger partial charge on any atom is 0.220 e. The Morgan fingerprint density at radius 2 is 2.25 bits per heavy atom. The van der Waals surface area contributed by atoms with E-state index in [1.807, 2.05) is 13.0 Å². The molecule has 1 aromatic rings. The van der Waals surface area contributed by atoms with Gasteiger partial charge < -0.3 is 19.9 Å². The van der Waals surface area contributed by atoms with Crippen molar-refractivity contribution in [1.29, 1.82) is 0 Å². The van der Waals surface area contributed by atoms with Gasteiger partial charge in [-0.2, -0.15) is 0 Å². The molecule has 2 aliphatic heterocycles. The standard InChI is InChI=1S/C22H34N2O4/c1-3-27-21-8-7-17(11-16(21)2)5-4-6-22(26)23-18-12-19-15-28-20(9-10-25)14-24(19)13-18/h7-8,11,18-20,25H,3-6,9-10,12-15H2,1-2H3,(H,23,26)/t18-,19-,20-/m0/s1. The molecule has 1 aromatic carbocycles. The van der Waals surface area contributed by atoms with Crippen LogP contribution in [0.2, 0.25) is 0 Å². The minimum atomic E-state index is 0.119. The number of amides is 1. The van der Waals surface area contributed by atoms with Gasteiger partial charge in [-0.15, -0.1) is 0 Å². The van der Waals surface area contributed by atoms with E-state index in [4.69, 9.17) is 14.6 Å². The van der Waals surface area contributed by atoms with Crippen LogP contribution < -0.4 is 10.1 Å². The molecule has 0 radical (unpaired) electrons. The number of aliphatic hydroxyl groups is 1. The first-order valence-electron chi connectivity index (χ1n) is 10.6. The smallest absolute Gasteiger partial charge is 0.220 e. The van der Waals surface area contributed by atoms with Crippen LogP contribution in [0.5, 0.6) is 5.75 Å². The normalized spacial score (nSPS) is 24.8. The zero-order chi connectivity index (χ0) is 19.9. The molecule has 0 unspecified atom stereocenters. The highest BCUT2D eigenvalue weighted by Gasteiger charge is 2.37. The molecule has 0 bridgehead atoms. The highest BCUT2D eigenvalue weighted by molar-refractivity contribution is 5.76. The lowest BCUT2D eigenvalue weighted by Gasteiger charge is -2.34. The number of nitrogens with one attached hydrogen (secondary N) is 1. The minimum Gasteiger partial charge on any atom is -0.494 e. The second kappa shape index (κ2) is 10.2. The fraction of sp³-hybridized carbons (Fsp3) is 0.682. The number of benzene rings is 1. The summed E-state index contributed by atoms with van der Waals surface area (Å²) in [6, 6.07) is 6.87. The number of carbonyl (C=O) groups excluding carboxylic acids is 1. The second-order valence-electron chi connectivity index (χ2n) is 7.96. The molecule has 0 aliphatic carbocycles. The van der Waals surface area contributed by atoms with Gasteiger partial charge in [0.05, 0.1) is 19.3 Å². The Labute approximate surface area is 168 Å². The van der Waals surface area contributed by atoms with E-state index in [9.17, 15) is 4.79 Å². The van der Waals surface area contributed by atoms with Crippen LogP contribution in [0.1, 0.15) is 43.7 Å². The molecule has 156 valence electrons. The van der Waals surface area contributed by atoms with Crippen molar-refractivity contribution in [3.8, 4) is 5.75 Å². The third-order valence-corrected chi connectivity index (χ3v) is 5.72. The first-order valence-corrected chi connectivity index (χ1v) is 10.6. The summed E-state index contributed by atoms with van der Waals surface area (Å²) in [7, 11) is 0. The van der Waals surface area contributed by atoms with E-state index in [0.29, 0.717) is 32.1 Å². The van der Waals surface area contributed by atoms with Crippen LogP contribution >= 0.6 is 0 Å². The van der Waals surface area contributed by atoms with Crippen molar-refractivity contribution in [1.82, 2.24) is 10.2 Å². The van der Waals surface area contributed by atoms with Crippen molar-refractivity contribution in [2.45, 2.75) is 64.1 Å². The molecule has 0 spiro atoms. The molecule has 3 rings (SSSR count). The van der Waals surface area contributed by atoms with Gasteiger partial charge in [0.2, 0.25) is 5.91 Å². The highest BCUT2D eigenvalue weighted by atomic mass is 16.5. The summed E-state index contributed by atoms with van der Waals surface area (Å²) in [5.41, 5.74) is 2.40. The van der Waals surface area contributed by atoms with Crippen LogP contribution in [0, 0.1) is 6.92 Å². The third kappa shape index (κ3) is 5.69. The van der Waals surface area contributed by atoms with Gasteiger partial charge in [-0.25, -0.2) is 0 Å². The van der Waals surface area contributed by atoms with E-state index in [2.05, 4.69) is 29.3 Å². The number of ether oxygens (including phenoxy) is 2. The predicted octanol–water partition coefficient (Wildman–Crippen LogP) is 2.06. The average Bonchev–Trinajstić information content (AvgIpc) is 3.05. The number of rotatable bonds is 9. The Morgan fingerprint density at radius 3 is 3.00 bits per heavy atom. The monoisotopic (exact) mass is 390 g/mol. The molecule has 2 heterocycles. The van der Waals surface area contributed by atoms with Gasteiger partial charge >= 0.3 is 0 Å². The van der Waals surface area contributed by atoms with Crippen molar-refractivity contribution in [3.05, 3.63) is 29.3 Å². The van der Waals surface area contributed by atoms with Crippen molar-refractivity contribution in [2.75, 3.05) is 32.9 Å². The number of nitrogens with zero attached hydrogens (tertiary/aromatic N) is 1. The fourth-order valence-electron chi connectivity index (χ4n) is 4.30. The number of morpholine rings is 1. The lowest BCUT2D eigenvalue weighted by Crippen LogP contribution is -2.46. The van der Waals surface area contributed by atoms with Crippen molar-refractivity contribution >= 4 is 5.91 Å². The molecule has 28 heavy (non-hydrogen) atoms. The summed E-state index contributed by atoms with van der Waals surface area (Å²) in [5.74, 6) is 1.08. The van der Waals surface area contributed by atoms with E-state index in [1.165, 1.54) is 5.56 Å². The summed E-state index contributed by atoms with van der Waals surface area (Å²) < 4.78 is 11.4. The largest absolute Gasteiger partial charge is 0.494 e. The summed E-state index contributed by atoms with van der Waals surface area (Å²) >= 11 is 0. The van der Waals surface area contributed by atoms with Crippen LogP contribution in [0.15, 0.2) is 18.2 Å². The second-order valence-corrected chi connectivity index (χ2v) is 7.96. The van der Waals surface area contributed by atoms with Crippen molar-refractivity contribution < 1.29 is 19.4 Å². The topological polar surface area (TPSA) is 71.0 Å². The summed E-state index contributed by atoms with van der Waals surface area (Å²) in [4.78, 5) is 14.8. The van der Waals surface area contributed by atoms with E-state index in [1.54, 1.807) is 0 Å². The Hall–Kier alpha value is -1.63. The number of carbonyl (C=O) groups is 1. The number of aliphatic hydroxyl groups excluding tert-OH is 1. The Balaban J connectivity index is 1.38. The van der Waals surface area contributed by atoms with Gasteiger partial charge in [0, 0.05) is 38.2 Å². The Bertz CT molecular complexity index is 651. The summed E-state index contributed by atoms with van der Waals surface area (Å²) in [5, 5.41) is 12.3. The molecule has 3 atom stereocenters. The molecular weight excluding hydrogens is 356 g/mol. The van der Waals surface area contributed by atoms with Crippen LogP contribution in [-0.2, 0) is 16.0 Å². The van der Waals surface area contributed by atoms with Crippen LogP contribution in [0.25, 0.3) is 0 Å². The predicted molar refractivity (Wildman–Crippen MR) is 109 cm³/mol. The molecule has 0 saturated carbocycles. The lowest BCUT2D eigenvalue weighted by molar-refractivity contribution is -0.121. The lowest BCUT2D eigenvalue weighted by atomic mass is 10.0. The van der Waals surface area contributed by atoms with E-state index >= 15 is 0 Å².